The molecule has 9 rings (SSSR count). The van der Waals surface area contributed by atoms with E-state index in [1.165, 1.54) is 42.5 Å². The van der Waals surface area contributed by atoms with Crippen molar-refractivity contribution in [1.82, 2.24) is 35.2 Å². The molecule has 54 heavy (non-hydrogen) atoms. The second kappa shape index (κ2) is 13.7. The molecule has 4 aromatic heterocycles. The number of anilines is 2. The number of carbonyl (C=O) groups is 1. The summed E-state index contributed by atoms with van der Waals surface area (Å²) in [7, 11) is 0. The van der Waals surface area contributed by atoms with Crippen LogP contribution in [-0.4, -0.2) is 90.2 Å². The maximum absolute atomic E-state index is 11.8. The highest BCUT2D eigenvalue weighted by Crippen LogP contribution is 2.47. The summed E-state index contributed by atoms with van der Waals surface area (Å²) in [5, 5.41) is 34.2. The van der Waals surface area contributed by atoms with E-state index in [0.29, 0.717) is 34.4 Å². The second-order valence-corrected chi connectivity index (χ2v) is 16.5. The highest BCUT2D eigenvalue weighted by atomic mass is 16.5. The summed E-state index contributed by atoms with van der Waals surface area (Å²) < 4.78 is 5.50. The van der Waals surface area contributed by atoms with Crippen LogP contribution >= 0.6 is 0 Å². The molecule has 13 nitrogen and oxygen atoms in total. The summed E-state index contributed by atoms with van der Waals surface area (Å²) in [6.45, 7) is 11.0. The van der Waals surface area contributed by atoms with Crippen LogP contribution in [-0.2, 0) is 11.2 Å². The van der Waals surface area contributed by atoms with E-state index in [2.05, 4.69) is 54.4 Å². The fraction of sp³-hybridized carbons (Fsp3) is 0.512. The predicted molar refractivity (Wildman–Crippen MR) is 205 cm³/mol. The van der Waals surface area contributed by atoms with Crippen LogP contribution in [0.4, 0.5) is 11.8 Å². The van der Waals surface area contributed by atoms with Crippen LogP contribution in [0.1, 0.15) is 99.8 Å². The van der Waals surface area contributed by atoms with Crippen molar-refractivity contribution in [3.05, 3.63) is 71.4 Å². The zero-order valence-corrected chi connectivity index (χ0v) is 31.3. The standard InChI is InChI=1S/C41H49N9O4/c1-24(2)36(39(52)53)34-19-35(47-54-34)49-22-41(23-49)13-8-28(9-14-41)48-15-10-26(11-16-48)27-20-42-40(43-21-27)50-17-12-31-37(25(50)3)30-18-32(45-46-38(30)44-31)29-6-4-5-7-33(29)51/h4-7,18-21,24-26,28,36,51H,8-17,22-23H2,1-3H3,(H,44,46)(H,52,53)/t25-,36?/m0/s1. The van der Waals surface area contributed by atoms with Gasteiger partial charge in [-0.05, 0) is 94.1 Å². The number of aliphatic carboxylic acids is 1. The zero-order valence-electron chi connectivity index (χ0n) is 31.3. The molecule has 282 valence electrons. The van der Waals surface area contributed by atoms with Crippen molar-refractivity contribution in [2.45, 2.75) is 89.6 Å². The van der Waals surface area contributed by atoms with E-state index in [1.807, 2.05) is 38.1 Å². The van der Waals surface area contributed by atoms with Gasteiger partial charge in [0.2, 0.25) is 5.95 Å². The van der Waals surface area contributed by atoms with Gasteiger partial charge in [-0.15, -0.1) is 10.2 Å². The first-order chi connectivity index (χ1) is 26.2. The van der Waals surface area contributed by atoms with Crippen LogP contribution in [0.5, 0.6) is 5.75 Å². The minimum absolute atomic E-state index is 0.0483. The molecule has 1 spiro atoms. The molecule has 3 aliphatic heterocycles. The van der Waals surface area contributed by atoms with Crippen LogP contribution in [0.25, 0.3) is 22.3 Å². The number of nitrogens with one attached hydrogen (secondary N) is 1. The predicted octanol–water partition coefficient (Wildman–Crippen LogP) is 6.69. The van der Waals surface area contributed by atoms with Crippen molar-refractivity contribution in [3.63, 3.8) is 0 Å². The van der Waals surface area contributed by atoms with Gasteiger partial charge in [-0.2, -0.15) is 0 Å². The Balaban J connectivity index is 0.784. The molecular formula is C41H49N9O4. The molecule has 1 aromatic carbocycles. The van der Waals surface area contributed by atoms with Crippen molar-refractivity contribution >= 4 is 28.8 Å². The highest BCUT2D eigenvalue weighted by Gasteiger charge is 2.47. The lowest BCUT2D eigenvalue weighted by Crippen LogP contribution is -2.59. The number of nitrogens with zero attached hydrogens (tertiary/aromatic N) is 8. The lowest BCUT2D eigenvalue weighted by atomic mass is 9.67. The Morgan fingerprint density at radius 2 is 1.74 bits per heavy atom. The van der Waals surface area contributed by atoms with Gasteiger partial charge >= 0.3 is 5.97 Å². The molecule has 2 atom stereocenters. The van der Waals surface area contributed by atoms with Gasteiger partial charge in [0.15, 0.2) is 17.2 Å². The first-order valence-electron chi connectivity index (χ1n) is 19.6. The third-order valence-corrected chi connectivity index (χ3v) is 12.9. The number of aromatic amines is 1. The lowest BCUT2D eigenvalue weighted by molar-refractivity contribution is -0.140. The van der Waals surface area contributed by atoms with E-state index in [1.54, 1.807) is 12.1 Å². The number of fused-ring (bicyclic) bond motifs is 3. The van der Waals surface area contributed by atoms with E-state index in [9.17, 15) is 15.0 Å². The molecular weight excluding hydrogens is 683 g/mol. The third kappa shape index (κ3) is 6.15. The number of H-pyrrole nitrogens is 1. The molecule has 7 heterocycles. The fourth-order valence-electron chi connectivity index (χ4n) is 9.83. The Kier molecular flexibility index (Phi) is 8.79. The maximum Gasteiger partial charge on any atom is 0.314 e. The molecule has 0 radical (unpaired) electrons. The molecule has 3 fully saturated rings. The normalized spacial score (nSPS) is 21.4. The highest BCUT2D eigenvalue weighted by molar-refractivity contribution is 5.86. The summed E-state index contributed by atoms with van der Waals surface area (Å²) >= 11 is 0. The number of phenols is 1. The van der Waals surface area contributed by atoms with Gasteiger partial charge in [-0.3, -0.25) is 4.79 Å². The minimum atomic E-state index is -0.867. The molecule has 1 aliphatic carbocycles. The molecule has 1 unspecified atom stereocenters. The first kappa shape index (κ1) is 34.7. The van der Waals surface area contributed by atoms with E-state index in [-0.39, 0.29) is 17.7 Å². The van der Waals surface area contributed by atoms with Crippen molar-refractivity contribution in [2.75, 3.05) is 42.5 Å². The number of phenolic OH excluding ortho intramolecular Hbond substituents is 1. The smallest absolute Gasteiger partial charge is 0.314 e. The van der Waals surface area contributed by atoms with Crippen LogP contribution in [0.3, 0.4) is 0 Å². The lowest BCUT2D eigenvalue weighted by Gasteiger charge is -2.54. The maximum atomic E-state index is 11.8. The van der Waals surface area contributed by atoms with E-state index >= 15 is 0 Å². The van der Waals surface area contributed by atoms with E-state index in [4.69, 9.17) is 14.5 Å². The number of aromatic hydroxyl groups is 1. The van der Waals surface area contributed by atoms with Crippen LogP contribution in [0.2, 0.25) is 0 Å². The molecule has 4 aliphatic rings. The Hall–Kier alpha value is -5.04. The number of carboxylic acid groups (broad SMARTS) is 1. The summed E-state index contributed by atoms with van der Waals surface area (Å²) in [5.74, 6) is 1.03. The number of likely N-dealkylation sites (tertiary alicyclic amines) is 1. The van der Waals surface area contributed by atoms with Gasteiger partial charge in [-0.1, -0.05) is 31.1 Å². The monoisotopic (exact) mass is 731 g/mol. The number of piperidine rings is 1. The van der Waals surface area contributed by atoms with Crippen LogP contribution in [0.15, 0.2) is 53.3 Å². The van der Waals surface area contributed by atoms with Crippen molar-refractivity contribution in [1.29, 1.82) is 0 Å². The third-order valence-electron chi connectivity index (χ3n) is 12.9. The Bertz CT molecular complexity index is 2140. The van der Waals surface area contributed by atoms with Gasteiger partial charge in [0.05, 0.1) is 11.7 Å². The van der Waals surface area contributed by atoms with Crippen LogP contribution in [0, 0.1) is 11.3 Å². The number of hydrogen-bond acceptors (Lipinski definition) is 11. The Morgan fingerprint density at radius 3 is 2.44 bits per heavy atom. The fourth-order valence-corrected chi connectivity index (χ4v) is 9.83. The second-order valence-electron chi connectivity index (χ2n) is 16.5. The molecule has 1 saturated carbocycles. The average molecular weight is 732 g/mol. The number of para-hydroxylation sites is 1. The quantitative estimate of drug-likeness (QED) is 0.156. The Morgan fingerprint density at radius 1 is 1.00 bits per heavy atom. The SMILES string of the molecule is CC(C)C(C(=O)O)c1cc(N2CC3(CCC(N4CCC(c5cnc(N6CCc7[nH]c8nnc(-c9ccccc9O)cc8c7[C@@H]6C)nc5)CC4)CC3)C2)no1. The van der Waals surface area contributed by atoms with Gasteiger partial charge in [0.25, 0.3) is 0 Å². The Labute approximate surface area is 314 Å². The number of aromatic nitrogens is 6. The largest absolute Gasteiger partial charge is 0.507 e. The molecule has 13 heteroatoms. The van der Waals surface area contributed by atoms with Crippen molar-refractivity contribution in [3.8, 4) is 17.0 Å². The number of carboxylic acids is 1. The topological polar surface area (TPSA) is 161 Å². The molecule has 3 N–H and O–H groups in total. The van der Waals surface area contributed by atoms with Crippen LogP contribution < -0.4 is 9.80 Å². The number of rotatable bonds is 8. The van der Waals surface area contributed by atoms with E-state index < -0.39 is 11.9 Å². The van der Waals surface area contributed by atoms with Crippen molar-refractivity contribution in [2.24, 2.45) is 11.3 Å². The summed E-state index contributed by atoms with van der Waals surface area (Å²) in [6.07, 6.45) is 12.1. The summed E-state index contributed by atoms with van der Waals surface area (Å²) in [6, 6.07) is 11.8. The minimum Gasteiger partial charge on any atom is -0.507 e. The first-order valence-corrected chi connectivity index (χ1v) is 19.6. The zero-order chi connectivity index (χ0) is 37.1. The summed E-state index contributed by atoms with van der Waals surface area (Å²) in [4.78, 5) is 32.3. The van der Waals surface area contributed by atoms with E-state index in [0.717, 1.165) is 74.8 Å². The van der Waals surface area contributed by atoms with Gasteiger partial charge < -0.3 is 34.4 Å². The van der Waals surface area contributed by atoms with Crippen molar-refractivity contribution < 1.29 is 19.5 Å². The van der Waals surface area contributed by atoms with Gasteiger partial charge in [0, 0.05) is 78.2 Å². The molecule has 0 amide bonds. The van der Waals surface area contributed by atoms with Gasteiger partial charge in [-0.25, -0.2) is 9.97 Å². The van der Waals surface area contributed by atoms with Gasteiger partial charge in [0.1, 0.15) is 11.7 Å². The number of benzene rings is 1. The molecule has 2 saturated heterocycles. The molecule has 0 bridgehead atoms. The number of hydrogen-bond donors (Lipinski definition) is 3. The summed E-state index contributed by atoms with van der Waals surface area (Å²) in [5.41, 5.74) is 6.00. The average Bonchev–Trinajstić information content (AvgIpc) is 3.79. The molecule has 5 aromatic rings.